The predicted molar refractivity (Wildman–Crippen MR) is 94.2 cm³/mol. The highest BCUT2D eigenvalue weighted by atomic mass is 16.2. The lowest BCUT2D eigenvalue weighted by Gasteiger charge is -2.32. The van der Waals surface area contributed by atoms with E-state index >= 15 is 0 Å². The Balaban J connectivity index is 1.59. The number of rotatable bonds is 5. The number of piperidine rings is 1. The minimum atomic E-state index is -0.149. The van der Waals surface area contributed by atoms with E-state index in [1.54, 1.807) is 11.0 Å². The number of anilines is 1. The third-order valence-electron chi connectivity index (χ3n) is 4.43. The quantitative estimate of drug-likeness (QED) is 0.904. The van der Waals surface area contributed by atoms with Crippen molar-refractivity contribution in [1.29, 1.82) is 0 Å². The zero-order valence-electron chi connectivity index (χ0n) is 14.4. The van der Waals surface area contributed by atoms with Crippen molar-refractivity contribution in [3.05, 3.63) is 36.9 Å². The van der Waals surface area contributed by atoms with Crippen molar-refractivity contribution in [2.24, 2.45) is 5.92 Å². The summed E-state index contributed by atoms with van der Waals surface area (Å²) in [5.41, 5.74) is 1.62. The zero-order chi connectivity index (χ0) is 17.6. The van der Waals surface area contributed by atoms with Gasteiger partial charge in [-0.1, -0.05) is 6.92 Å². The van der Waals surface area contributed by atoms with Crippen LogP contribution in [0.15, 0.2) is 36.9 Å². The van der Waals surface area contributed by atoms with Gasteiger partial charge in [0.05, 0.1) is 11.6 Å². The smallest absolute Gasteiger partial charge is 0.229 e. The van der Waals surface area contributed by atoms with Crippen LogP contribution in [0.5, 0.6) is 0 Å². The minimum absolute atomic E-state index is 0.0255. The van der Waals surface area contributed by atoms with Crippen LogP contribution >= 0.6 is 0 Å². The molecule has 1 unspecified atom stereocenters. The lowest BCUT2D eigenvalue weighted by Crippen LogP contribution is -2.43. The molecule has 1 aromatic heterocycles. The molecule has 0 saturated carbocycles. The van der Waals surface area contributed by atoms with Crippen molar-refractivity contribution in [3.8, 4) is 5.69 Å². The maximum Gasteiger partial charge on any atom is 0.229 e. The number of amides is 2. The topological polar surface area (TPSA) is 80.1 Å². The van der Waals surface area contributed by atoms with Crippen LogP contribution in [0, 0.1) is 5.92 Å². The molecule has 1 aliphatic heterocycles. The van der Waals surface area contributed by atoms with Gasteiger partial charge >= 0.3 is 0 Å². The molecule has 2 heterocycles. The maximum atomic E-state index is 12.5. The van der Waals surface area contributed by atoms with Gasteiger partial charge in [0, 0.05) is 25.2 Å². The minimum Gasteiger partial charge on any atom is -0.342 e. The molecule has 1 saturated heterocycles. The Labute approximate surface area is 147 Å². The van der Waals surface area contributed by atoms with E-state index in [4.69, 9.17) is 0 Å². The molecule has 0 spiro atoms. The van der Waals surface area contributed by atoms with E-state index in [9.17, 15) is 9.59 Å². The zero-order valence-corrected chi connectivity index (χ0v) is 14.4. The number of hydrogen-bond acceptors (Lipinski definition) is 4. The Morgan fingerprint density at radius 1 is 1.28 bits per heavy atom. The normalized spacial score (nSPS) is 17.3. The molecule has 1 fully saturated rings. The number of nitrogens with one attached hydrogen (secondary N) is 1. The third-order valence-corrected chi connectivity index (χ3v) is 4.43. The second kappa shape index (κ2) is 7.92. The Morgan fingerprint density at radius 2 is 2.08 bits per heavy atom. The monoisotopic (exact) mass is 341 g/mol. The molecular weight excluding hydrogens is 318 g/mol. The standard InChI is InChI=1S/C18H23N5O2/c1-2-4-17(24)22-10-3-5-14(11-22)18(25)21-15-6-8-16(9-7-15)23-13-19-12-20-23/h6-9,12-14H,2-5,10-11H2,1H3,(H,21,25). The molecule has 2 amide bonds. The molecule has 0 aliphatic carbocycles. The highest BCUT2D eigenvalue weighted by molar-refractivity contribution is 5.93. The summed E-state index contributed by atoms with van der Waals surface area (Å²) in [5.74, 6) is -0.0239. The van der Waals surface area contributed by atoms with Crippen molar-refractivity contribution in [1.82, 2.24) is 19.7 Å². The van der Waals surface area contributed by atoms with Crippen LogP contribution < -0.4 is 5.32 Å². The van der Waals surface area contributed by atoms with Gasteiger partial charge in [0.1, 0.15) is 12.7 Å². The van der Waals surface area contributed by atoms with Crippen LogP contribution in [0.1, 0.15) is 32.6 Å². The van der Waals surface area contributed by atoms with Gasteiger partial charge in [0.15, 0.2) is 0 Å². The van der Waals surface area contributed by atoms with Crippen LogP contribution in [0.2, 0.25) is 0 Å². The van der Waals surface area contributed by atoms with Gasteiger partial charge in [0.25, 0.3) is 0 Å². The molecule has 7 heteroatoms. The summed E-state index contributed by atoms with van der Waals surface area (Å²) in [6, 6.07) is 7.44. The fourth-order valence-electron chi connectivity index (χ4n) is 3.07. The van der Waals surface area contributed by atoms with E-state index in [2.05, 4.69) is 15.4 Å². The molecule has 1 aliphatic rings. The number of benzene rings is 1. The average molecular weight is 341 g/mol. The number of likely N-dealkylation sites (tertiary alicyclic amines) is 1. The molecule has 25 heavy (non-hydrogen) atoms. The number of aromatic nitrogens is 3. The Kier molecular flexibility index (Phi) is 5.42. The van der Waals surface area contributed by atoms with E-state index < -0.39 is 0 Å². The van der Waals surface area contributed by atoms with Crippen molar-refractivity contribution in [2.45, 2.75) is 32.6 Å². The predicted octanol–water partition coefficient (Wildman–Crippen LogP) is 2.24. The molecule has 1 atom stereocenters. The van der Waals surface area contributed by atoms with Crippen molar-refractivity contribution >= 4 is 17.5 Å². The van der Waals surface area contributed by atoms with E-state index in [-0.39, 0.29) is 17.7 Å². The van der Waals surface area contributed by atoms with Gasteiger partial charge in [-0.3, -0.25) is 9.59 Å². The summed E-state index contributed by atoms with van der Waals surface area (Å²) in [4.78, 5) is 30.3. The molecule has 2 aromatic rings. The number of hydrogen-bond donors (Lipinski definition) is 1. The summed E-state index contributed by atoms with van der Waals surface area (Å²) in [7, 11) is 0. The lowest BCUT2D eigenvalue weighted by atomic mass is 9.96. The summed E-state index contributed by atoms with van der Waals surface area (Å²) in [6.07, 6.45) is 6.18. The second-order valence-corrected chi connectivity index (χ2v) is 6.31. The average Bonchev–Trinajstić information content (AvgIpc) is 3.17. The summed E-state index contributed by atoms with van der Waals surface area (Å²) >= 11 is 0. The van der Waals surface area contributed by atoms with E-state index in [0.29, 0.717) is 13.0 Å². The lowest BCUT2D eigenvalue weighted by molar-refractivity contribution is -0.134. The fourth-order valence-corrected chi connectivity index (χ4v) is 3.07. The van der Waals surface area contributed by atoms with Crippen LogP contribution in [-0.2, 0) is 9.59 Å². The molecule has 132 valence electrons. The number of nitrogens with zero attached hydrogens (tertiary/aromatic N) is 4. The van der Waals surface area contributed by atoms with Crippen LogP contribution in [0.4, 0.5) is 5.69 Å². The molecule has 1 N–H and O–H groups in total. The number of carbonyl (C=O) groups is 2. The fraction of sp³-hybridized carbons (Fsp3) is 0.444. The first kappa shape index (κ1) is 17.1. The maximum absolute atomic E-state index is 12.5. The van der Waals surface area contributed by atoms with E-state index in [0.717, 1.165) is 37.2 Å². The Morgan fingerprint density at radius 3 is 2.76 bits per heavy atom. The van der Waals surface area contributed by atoms with Crippen molar-refractivity contribution < 1.29 is 9.59 Å². The molecule has 0 radical (unpaired) electrons. The molecule has 3 rings (SSSR count). The Hall–Kier alpha value is -2.70. The first-order valence-corrected chi connectivity index (χ1v) is 8.71. The van der Waals surface area contributed by atoms with E-state index in [1.807, 2.05) is 36.1 Å². The SMILES string of the molecule is CCCC(=O)N1CCCC(C(=O)Nc2ccc(-n3cncn3)cc2)C1. The first-order valence-electron chi connectivity index (χ1n) is 8.71. The van der Waals surface area contributed by atoms with Gasteiger partial charge in [-0.2, -0.15) is 5.10 Å². The largest absolute Gasteiger partial charge is 0.342 e. The summed E-state index contributed by atoms with van der Waals surface area (Å²) in [6.45, 7) is 3.27. The highest BCUT2D eigenvalue weighted by Gasteiger charge is 2.28. The van der Waals surface area contributed by atoms with Gasteiger partial charge < -0.3 is 10.2 Å². The van der Waals surface area contributed by atoms with Crippen LogP contribution in [0.3, 0.4) is 0 Å². The van der Waals surface area contributed by atoms with Crippen LogP contribution in [-0.4, -0.2) is 44.6 Å². The van der Waals surface area contributed by atoms with Gasteiger partial charge in [-0.05, 0) is 43.5 Å². The highest BCUT2D eigenvalue weighted by Crippen LogP contribution is 2.20. The summed E-state index contributed by atoms with van der Waals surface area (Å²) < 4.78 is 1.66. The second-order valence-electron chi connectivity index (χ2n) is 6.31. The molecule has 0 bridgehead atoms. The molecule has 7 nitrogen and oxygen atoms in total. The van der Waals surface area contributed by atoms with Crippen LogP contribution in [0.25, 0.3) is 5.69 Å². The van der Waals surface area contributed by atoms with Gasteiger partial charge in [0.2, 0.25) is 11.8 Å². The Bertz CT molecular complexity index is 712. The summed E-state index contributed by atoms with van der Waals surface area (Å²) in [5, 5.41) is 7.02. The van der Waals surface area contributed by atoms with Gasteiger partial charge in [-0.25, -0.2) is 9.67 Å². The van der Waals surface area contributed by atoms with E-state index in [1.165, 1.54) is 6.33 Å². The number of carbonyl (C=O) groups excluding carboxylic acids is 2. The molecular formula is C18H23N5O2. The molecule has 1 aromatic carbocycles. The van der Waals surface area contributed by atoms with Crippen molar-refractivity contribution in [2.75, 3.05) is 18.4 Å². The van der Waals surface area contributed by atoms with Gasteiger partial charge in [-0.15, -0.1) is 0 Å². The third kappa shape index (κ3) is 4.23. The first-order chi connectivity index (χ1) is 12.2. The van der Waals surface area contributed by atoms with Crippen molar-refractivity contribution in [3.63, 3.8) is 0 Å².